The standard InChI is InChI=1S/C10H21NO2/c1-2-8(12)7-11-9-5-3-4-6-10(9)13/h8-13H,2-7H2,1H3. The minimum absolute atomic E-state index is 0.204. The molecule has 0 saturated heterocycles. The second-order valence-corrected chi connectivity index (χ2v) is 3.93. The van der Waals surface area contributed by atoms with Gasteiger partial charge >= 0.3 is 0 Å². The number of hydrogen-bond acceptors (Lipinski definition) is 3. The topological polar surface area (TPSA) is 52.5 Å². The maximum absolute atomic E-state index is 9.61. The lowest BCUT2D eigenvalue weighted by Gasteiger charge is -2.29. The van der Waals surface area contributed by atoms with Gasteiger partial charge in [-0.1, -0.05) is 19.8 Å². The highest BCUT2D eigenvalue weighted by Crippen LogP contribution is 2.18. The molecule has 0 bridgehead atoms. The van der Waals surface area contributed by atoms with Crippen molar-refractivity contribution < 1.29 is 10.2 Å². The molecule has 1 fully saturated rings. The molecule has 0 aliphatic heterocycles. The summed E-state index contributed by atoms with van der Waals surface area (Å²) >= 11 is 0. The van der Waals surface area contributed by atoms with Crippen LogP contribution >= 0.6 is 0 Å². The fourth-order valence-corrected chi connectivity index (χ4v) is 1.78. The van der Waals surface area contributed by atoms with Crippen molar-refractivity contribution in [2.45, 2.75) is 57.3 Å². The molecule has 0 amide bonds. The van der Waals surface area contributed by atoms with Gasteiger partial charge in [0.15, 0.2) is 0 Å². The largest absolute Gasteiger partial charge is 0.392 e. The van der Waals surface area contributed by atoms with Gasteiger partial charge in [0.25, 0.3) is 0 Å². The van der Waals surface area contributed by atoms with Gasteiger partial charge in [-0.05, 0) is 19.3 Å². The molecule has 0 aromatic heterocycles. The maximum atomic E-state index is 9.61. The van der Waals surface area contributed by atoms with Crippen LogP contribution in [0, 0.1) is 0 Å². The molecule has 3 atom stereocenters. The van der Waals surface area contributed by atoms with Crippen molar-refractivity contribution in [1.29, 1.82) is 0 Å². The van der Waals surface area contributed by atoms with Crippen LogP contribution in [0.4, 0.5) is 0 Å². The average molecular weight is 187 g/mol. The summed E-state index contributed by atoms with van der Waals surface area (Å²) in [6, 6.07) is 0.204. The molecule has 1 aliphatic carbocycles. The maximum Gasteiger partial charge on any atom is 0.0693 e. The van der Waals surface area contributed by atoms with E-state index in [2.05, 4.69) is 5.32 Å². The Morgan fingerprint density at radius 1 is 1.38 bits per heavy atom. The van der Waals surface area contributed by atoms with E-state index in [4.69, 9.17) is 0 Å². The van der Waals surface area contributed by atoms with Crippen LogP contribution in [0.3, 0.4) is 0 Å². The lowest BCUT2D eigenvalue weighted by molar-refractivity contribution is 0.0793. The zero-order valence-corrected chi connectivity index (χ0v) is 8.37. The predicted molar refractivity (Wildman–Crippen MR) is 52.6 cm³/mol. The smallest absolute Gasteiger partial charge is 0.0693 e. The minimum Gasteiger partial charge on any atom is -0.392 e. The molecule has 13 heavy (non-hydrogen) atoms. The van der Waals surface area contributed by atoms with Gasteiger partial charge < -0.3 is 15.5 Å². The molecule has 3 heteroatoms. The van der Waals surface area contributed by atoms with Gasteiger partial charge in [0.1, 0.15) is 0 Å². The summed E-state index contributed by atoms with van der Waals surface area (Å²) in [6.07, 6.45) is 4.56. The third kappa shape index (κ3) is 3.63. The first kappa shape index (κ1) is 11.0. The molecule has 3 N–H and O–H groups in total. The molecule has 0 aromatic rings. The summed E-state index contributed by atoms with van der Waals surface area (Å²) in [6.45, 7) is 2.57. The first-order valence-corrected chi connectivity index (χ1v) is 5.33. The van der Waals surface area contributed by atoms with Crippen LogP contribution in [0.2, 0.25) is 0 Å². The summed E-state index contributed by atoms with van der Waals surface area (Å²) in [7, 11) is 0. The number of rotatable bonds is 4. The van der Waals surface area contributed by atoms with Gasteiger partial charge in [0, 0.05) is 12.6 Å². The first-order valence-electron chi connectivity index (χ1n) is 5.33. The fourth-order valence-electron chi connectivity index (χ4n) is 1.78. The Morgan fingerprint density at radius 3 is 2.69 bits per heavy atom. The summed E-state index contributed by atoms with van der Waals surface area (Å²) in [4.78, 5) is 0. The molecule has 0 radical (unpaired) electrons. The Morgan fingerprint density at radius 2 is 2.08 bits per heavy atom. The van der Waals surface area contributed by atoms with Crippen molar-refractivity contribution in [3.05, 3.63) is 0 Å². The molecular weight excluding hydrogens is 166 g/mol. The highest BCUT2D eigenvalue weighted by Gasteiger charge is 2.22. The SMILES string of the molecule is CCC(O)CNC1CCCCC1O. The highest BCUT2D eigenvalue weighted by atomic mass is 16.3. The number of aliphatic hydroxyl groups is 2. The van der Waals surface area contributed by atoms with E-state index >= 15 is 0 Å². The van der Waals surface area contributed by atoms with Crippen molar-refractivity contribution in [1.82, 2.24) is 5.32 Å². The lowest BCUT2D eigenvalue weighted by Crippen LogP contribution is -2.44. The van der Waals surface area contributed by atoms with Gasteiger partial charge in [-0.2, -0.15) is 0 Å². The Bertz CT molecular complexity index is 141. The summed E-state index contributed by atoms with van der Waals surface area (Å²) in [5.41, 5.74) is 0. The van der Waals surface area contributed by atoms with Crippen LogP contribution in [0.1, 0.15) is 39.0 Å². The Kier molecular flexibility index (Phi) is 4.70. The van der Waals surface area contributed by atoms with E-state index in [1.807, 2.05) is 6.92 Å². The van der Waals surface area contributed by atoms with E-state index in [1.165, 1.54) is 6.42 Å². The molecular formula is C10H21NO2. The number of hydrogen-bond donors (Lipinski definition) is 3. The average Bonchev–Trinajstić information content (AvgIpc) is 2.16. The van der Waals surface area contributed by atoms with Crippen LogP contribution in [-0.2, 0) is 0 Å². The van der Waals surface area contributed by atoms with Crippen molar-refractivity contribution in [3.63, 3.8) is 0 Å². The van der Waals surface area contributed by atoms with Crippen LogP contribution < -0.4 is 5.32 Å². The van der Waals surface area contributed by atoms with E-state index in [0.717, 1.165) is 25.7 Å². The lowest BCUT2D eigenvalue weighted by atomic mass is 9.92. The molecule has 0 heterocycles. The van der Waals surface area contributed by atoms with Crippen molar-refractivity contribution >= 4 is 0 Å². The Labute approximate surface area is 80.2 Å². The minimum atomic E-state index is -0.269. The van der Waals surface area contributed by atoms with Crippen LogP contribution in [0.5, 0.6) is 0 Å². The van der Waals surface area contributed by atoms with Gasteiger partial charge in [0.2, 0.25) is 0 Å². The molecule has 0 spiro atoms. The van der Waals surface area contributed by atoms with E-state index in [-0.39, 0.29) is 18.2 Å². The zero-order valence-electron chi connectivity index (χ0n) is 8.37. The van der Waals surface area contributed by atoms with E-state index in [9.17, 15) is 10.2 Å². The van der Waals surface area contributed by atoms with Crippen molar-refractivity contribution in [2.75, 3.05) is 6.54 Å². The number of aliphatic hydroxyl groups excluding tert-OH is 2. The third-order valence-electron chi connectivity index (χ3n) is 2.82. The third-order valence-corrected chi connectivity index (χ3v) is 2.82. The molecule has 1 aliphatic rings. The van der Waals surface area contributed by atoms with Crippen molar-refractivity contribution in [3.8, 4) is 0 Å². The monoisotopic (exact) mass is 187 g/mol. The van der Waals surface area contributed by atoms with Gasteiger partial charge in [-0.3, -0.25) is 0 Å². The first-order chi connectivity index (χ1) is 6.24. The summed E-state index contributed by atoms with van der Waals surface area (Å²) in [5.74, 6) is 0. The van der Waals surface area contributed by atoms with E-state index in [0.29, 0.717) is 6.54 Å². The highest BCUT2D eigenvalue weighted by molar-refractivity contribution is 4.80. The molecule has 3 nitrogen and oxygen atoms in total. The fraction of sp³-hybridized carbons (Fsp3) is 1.00. The van der Waals surface area contributed by atoms with Gasteiger partial charge in [-0.25, -0.2) is 0 Å². The van der Waals surface area contributed by atoms with E-state index < -0.39 is 0 Å². The molecule has 1 saturated carbocycles. The van der Waals surface area contributed by atoms with Crippen LogP contribution in [0.25, 0.3) is 0 Å². The quantitative estimate of drug-likeness (QED) is 0.605. The second kappa shape index (κ2) is 5.58. The molecule has 0 aromatic carbocycles. The van der Waals surface area contributed by atoms with E-state index in [1.54, 1.807) is 0 Å². The second-order valence-electron chi connectivity index (χ2n) is 3.93. The Balaban J connectivity index is 2.18. The summed E-state index contributed by atoms with van der Waals surface area (Å²) < 4.78 is 0. The number of nitrogens with one attached hydrogen (secondary N) is 1. The summed E-state index contributed by atoms with van der Waals surface area (Å²) in [5, 5.41) is 22.2. The van der Waals surface area contributed by atoms with Crippen LogP contribution in [0.15, 0.2) is 0 Å². The Hall–Kier alpha value is -0.120. The molecule has 78 valence electrons. The zero-order chi connectivity index (χ0) is 9.68. The predicted octanol–water partition coefficient (Wildman–Crippen LogP) is 0.650. The van der Waals surface area contributed by atoms with Gasteiger partial charge in [-0.15, -0.1) is 0 Å². The van der Waals surface area contributed by atoms with Crippen LogP contribution in [-0.4, -0.2) is 35.0 Å². The normalized spacial score (nSPS) is 31.6. The molecule has 1 rings (SSSR count). The van der Waals surface area contributed by atoms with Gasteiger partial charge in [0.05, 0.1) is 12.2 Å². The molecule has 3 unspecified atom stereocenters. The van der Waals surface area contributed by atoms with Crippen molar-refractivity contribution in [2.24, 2.45) is 0 Å².